The number of aryl methyl sites for hydroxylation is 2. The standard InChI is InChI=1S/C17H17N3O2/c1-11-6-12(2)8-13(7-11)9-14-10-15(21)20(16(14)22)17-18-4-3-5-19-17/h3-8,14H,9-10H2,1-2H3. The third-order valence-corrected chi connectivity index (χ3v) is 3.76. The number of hydrogen-bond acceptors (Lipinski definition) is 4. The molecule has 0 spiro atoms. The molecule has 1 aliphatic rings. The van der Waals surface area contributed by atoms with E-state index in [9.17, 15) is 9.59 Å². The van der Waals surface area contributed by atoms with Gasteiger partial charge in [0.15, 0.2) is 0 Å². The van der Waals surface area contributed by atoms with Crippen molar-refractivity contribution in [3.05, 3.63) is 53.3 Å². The van der Waals surface area contributed by atoms with Gasteiger partial charge in [-0.1, -0.05) is 29.3 Å². The minimum absolute atomic E-state index is 0.167. The number of rotatable bonds is 3. The lowest BCUT2D eigenvalue weighted by molar-refractivity contribution is -0.122. The van der Waals surface area contributed by atoms with Crippen molar-refractivity contribution in [2.24, 2.45) is 5.92 Å². The maximum absolute atomic E-state index is 12.5. The second-order valence-electron chi connectivity index (χ2n) is 5.72. The van der Waals surface area contributed by atoms with Crippen molar-refractivity contribution in [1.82, 2.24) is 9.97 Å². The average Bonchev–Trinajstić information content (AvgIpc) is 2.73. The lowest BCUT2D eigenvalue weighted by atomic mass is 9.95. The summed E-state index contributed by atoms with van der Waals surface area (Å²) < 4.78 is 0. The van der Waals surface area contributed by atoms with Crippen LogP contribution < -0.4 is 4.90 Å². The highest BCUT2D eigenvalue weighted by Gasteiger charge is 2.40. The Labute approximate surface area is 129 Å². The smallest absolute Gasteiger partial charge is 0.240 e. The molecule has 0 N–H and O–H groups in total. The van der Waals surface area contributed by atoms with Gasteiger partial charge in [-0.3, -0.25) is 9.59 Å². The summed E-state index contributed by atoms with van der Waals surface area (Å²) in [5, 5.41) is 0. The van der Waals surface area contributed by atoms with Crippen molar-refractivity contribution in [3.8, 4) is 0 Å². The van der Waals surface area contributed by atoms with Crippen LogP contribution in [0.4, 0.5) is 5.95 Å². The van der Waals surface area contributed by atoms with Crippen LogP contribution in [0.25, 0.3) is 0 Å². The number of hydrogen-bond donors (Lipinski definition) is 0. The predicted molar refractivity (Wildman–Crippen MR) is 82.3 cm³/mol. The van der Waals surface area contributed by atoms with Gasteiger partial charge in [0.05, 0.1) is 5.92 Å². The van der Waals surface area contributed by atoms with Gasteiger partial charge in [-0.05, 0) is 31.9 Å². The van der Waals surface area contributed by atoms with E-state index in [0.29, 0.717) is 6.42 Å². The first-order chi connectivity index (χ1) is 10.5. The summed E-state index contributed by atoms with van der Waals surface area (Å²) in [6.07, 6.45) is 3.83. The van der Waals surface area contributed by atoms with Gasteiger partial charge in [0.1, 0.15) is 0 Å². The summed E-state index contributed by atoms with van der Waals surface area (Å²) in [5.41, 5.74) is 3.41. The summed E-state index contributed by atoms with van der Waals surface area (Å²) in [5.74, 6) is -0.612. The number of carbonyl (C=O) groups is 2. The molecule has 0 bridgehead atoms. The number of amides is 2. The Morgan fingerprint density at radius 2 is 1.73 bits per heavy atom. The molecule has 1 aromatic heterocycles. The molecule has 0 radical (unpaired) electrons. The van der Waals surface area contributed by atoms with Gasteiger partial charge in [0.25, 0.3) is 0 Å². The molecular formula is C17H17N3O2. The van der Waals surface area contributed by atoms with E-state index in [0.717, 1.165) is 21.6 Å². The predicted octanol–water partition coefficient (Wildman–Crippen LogP) is 2.22. The third kappa shape index (κ3) is 2.74. The van der Waals surface area contributed by atoms with E-state index in [1.54, 1.807) is 6.07 Å². The molecular weight excluding hydrogens is 278 g/mol. The molecule has 2 heterocycles. The fourth-order valence-corrected chi connectivity index (χ4v) is 2.94. The van der Waals surface area contributed by atoms with Gasteiger partial charge in [-0.15, -0.1) is 0 Å². The normalized spacial score (nSPS) is 18.1. The molecule has 22 heavy (non-hydrogen) atoms. The van der Waals surface area contributed by atoms with Gasteiger partial charge < -0.3 is 0 Å². The van der Waals surface area contributed by atoms with E-state index in [1.807, 2.05) is 13.8 Å². The average molecular weight is 295 g/mol. The number of benzene rings is 1. The molecule has 2 aromatic rings. The van der Waals surface area contributed by atoms with Gasteiger partial charge >= 0.3 is 0 Å². The zero-order valence-electron chi connectivity index (χ0n) is 12.6. The van der Waals surface area contributed by atoms with Crippen LogP contribution in [-0.2, 0) is 16.0 Å². The first-order valence-electron chi connectivity index (χ1n) is 7.25. The van der Waals surface area contributed by atoms with E-state index in [1.165, 1.54) is 12.4 Å². The fourth-order valence-electron chi connectivity index (χ4n) is 2.94. The highest BCUT2D eigenvalue weighted by atomic mass is 16.2. The molecule has 1 atom stereocenters. The van der Waals surface area contributed by atoms with Crippen LogP contribution in [0.15, 0.2) is 36.7 Å². The number of nitrogens with zero attached hydrogens (tertiary/aromatic N) is 3. The largest absolute Gasteiger partial charge is 0.274 e. The summed E-state index contributed by atoms with van der Waals surface area (Å²) >= 11 is 0. The molecule has 3 rings (SSSR count). The van der Waals surface area contributed by atoms with E-state index < -0.39 is 0 Å². The first kappa shape index (κ1) is 14.4. The molecule has 1 aromatic carbocycles. The van der Waals surface area contributed by atoms with Crippen molar-refractivity contribution < 1.29 is 9.59 Å². The maximum Gasteiger partial charge on any atom is 0.240 e. The first-order valence-corrected chi connectivity index (χ1v) is 7.25. The van der Waals surface area contributed by atoms with Crippen molar-refractivity contribution in [2.45, 2.75) is 26.7 Å². The Balaban J connectivity index is 1.82. The molecule has 1 fully saturated rings. The second-order valence-corrected chi connectivity index (χ2v) is 5.72. The monoisotopic (exact) mass is 295 g/mol. The SMILES string of the molecule is Cc1cc(C)cc(CC2CC(=O)N(c3ncccn3)C2=O)c1. The van der Waals surface area contributed by atoms with E-state index in [2.05, 4.69) is 28.2 Å². The van der Waals surface area contributed by atoms with Crippen LogP contribution in [0.3, 0.4) is 0 Å². The summed E-state index contributed by atoms with van der Waals surface area (Å²) in [7, 11) is 0. The Kier molecular flexibility index (Phi) is 3.71. The van der Waals surface area contributed by atoms with Crippen LogP contribution in [-0.4, -0.2) is 21.8 Å². The lowest BCUT2D eigenvalue weighted by Crippen LogP contribution is -2.32. The van der Waals surface area contributed by atoms with Gasteiger partial charge in [-0.2, -0.15) is 0 Å². The van der Waals surface area contributed by atoms with Crippen LogP contribution in [0.5, 0.6) is 0 Å². The molecule has 0 aliphatic carbocycles. The van der Waals surface area contributed by atoms with E-state index >= 15 is 0 Å². The highest BCUT2D eigenvalue weighted by Crippen LogP contribution is 2.26. The Morgan fingerprint density at radius 1 is 1.09 bits per heavy atom. The van der Waals surface area contributed by atoms with Crippen LogP contribution in [0.2, 0.25) is 0 Å². The zero-order valence-corrected chi connectivity index (χ0v) is 12.6. The molecule has 2 amide bonds. The summed E-state index contributed by atoms with van der Waals surface area (Å²) in [4.78, 5) is 33.8. The summed E-state index contributed by atoms with van der Waals surface area (Å²) in [6, 6.07) is 7.87. The van der Waals surface area contributed by atoms with Gasteiger partial charge in [0, 0.05) is 18.8 Å². The maximum atomic E-state index is 12.5. The van der Waals surface area contributed by atoms with Crippen LogP contribution in [0.1, 0.15) is 23.1 Å². The Bertz CT molecular complexity index is 708. The van der Waals surface area contributed by atoms with E-state index in [-0.39, 0.29) is 30.1 Å². The highest BCUT2D eigenvalue weighted by molar-refractivity contribution is 6.19. The number of carbonyl (C=O) groups excluding carboxylic acids is 2. The molecule has 1 aliphatic heterocycles. The zero-order chi connectivity index (χ0) is 15.7. The van der Waals surface area contributed by atoms with Crippen molar-refractivity contribution in [1.29, 1.82) is 0 Å². The molecule has 5 nitrogen and oxygen atoms in total. The quantitative estimate of drug-likeness (QED) is 0.814. The van der Waals surface area contributed by atoms with Crippen molar-refractivity contribution in [2.75, 3.05) is 4.90 Å². The fraction of sp³-hybridized carbons (Fsp3) is 0.294. The van der Waals surface area contributed by atoms with Crippen molar-refractivity contribution in [3.63, 3.8) is 0 Å². The van der Waals surface area contributed by atoms with Crippen molar-refractivity contribution >= 4 is 17.8 Å². The Morgan fingerprint density at radius 3 is 2.36 bits per heavy atom. The third-order valence-electron chi connectivity index (χ3n) is 3.76. The molecule has 5 heteroatoms. The molecule has 0 saturated carbocycles. The number of aromatic nitrogens is 2. The molecule has 1 unspecified atom stereocenters. The lowest BCUT2D eigenvalue weighted by Gasteiger charge is -2.13. The van der Waals surface area contributed by atoms with E-state index in [4.69, 9.17) is 0 Å². The number of imide groups is 1. The number of anilines is 1. The molecule has 112 valence electrons. The Hall–Kier alpha value is -2.56. The van der Waals surface area contributed by atoms with Gasteiger partial charge in [0.2, 0.25) is 17.8 Å². The second kappa shape index (κ2) is 5.67. The minimum Gasteiger partial charge on any atom is -0.274 e. The van der Waals surface area contributed by atoms with Crippen LogP contribution >= 0.6 is 0 Å². The minimum atomic E-state index is -0.336. The topological polar surface area (TPSA) is 63.2 Å². The van der Waals surface area contributed by atoms with Gasteiger partial charge in [-0.25, -0.2) is 14.9 Å². The summed E-state index contributed by atoms with van der Waals surface area (Å²) in [6.45, 7) is 4.06. The van der Waals surface area contributed by atoms with Crippen LogP contribution in [0, 0.1) is 19.8 Å². The molecule has 1 saturated heterocycles.